The largest absolute Gasteiger partial charge is 0.388 e. The van der Waals surface area contributed by atoms with Gasteiger partial charge in [0.15, 0.2) is 0 Å². The minimum Gasteiger partial charge on any atom is -0.388 e. The molecule has 0 unspecified atom stereocenters. The molecule has 92 valence electrons. The second-order valence-electron chi connectivity index (χ2n) is 3.65. The summed E-state index contributed by atoms with van der Waals surface area (Å²) in [7, 11) is 0. The van der Waals surface area contributed by atoms with Gasteiger partial charge in [-0.15, -0.1) is 0 Å². The van der Waals surface area contributed by atoms with Gasteiger partial charge in [0, 0.05) is 24.9 Å². The summed E-state index contributed by atoms with van der Waals surface area (Å²) in [5.41, 5.74) is 7.01. The minimum absolute atomic E-state index is 0.252. The first kappa shape index (κ1) is 12.4. The van der Waals surface area contributed by atoms with Crippen molar-refractivity contribution in [1.29, 1.82) is 0 Å². The van der Waals surface area contributed by atoms with Crippen LogP contribution in [0.25, 0.3) is 0 Å². The summed E-state index contributed by atoms with van der Waals surface area (Å²) in [4.78, 5) is 12.8. The minimum atomic E-state index is 0.252. The fourth-order valence-electron chi connectivity index (χ4n) is 1.41. The fraction of sp³-hybridized carbons (Fsp3) is 0.167. The molecular formula is C12H13N5S. The first-order chi connectivity index (χ1) is 8.75. The number of thiocarbonyl (C=S) groups is 1. The molecule has 0 atom stereocenters. The third-order valence-electron chi connectivity index (χ3n) is 2.32. The highest BCUT2D eigenvalue weighted by molar-refractivity contribution is 7.80. The number of hydrogen-bond donors (Lipinski definition) is 2. The second kappa shape index (κ2) is 6.02. The zero-order chi connectivity index (χ0) is 12.8. The van der Waals surface area contributed by atoms with Crippen molar-refractivity contribution in [3.05, 3.63) is 48.2 Å². The number of hydrogen-bond acceptors (Lipinski definition) is 5. The van der Waals surface area contributed by atoms with E-state index in [0.717, 1.165) is 18.7 Å². The van der Waals surface area contributed by atoms with Gasteiger partial charge < -0.3 is 11.1 Å². The van der Waals surface area contributed by atoms with Crippen molar-refractivity contribution in [2.24, 2.45) is 5.73 Å². The average molecular weight is 259 g/mol. The van der Waals surface area contributed by atoms with E-state index in [4.69, 9.17) is 18.0 Å². The van der Waals surface area contributed by atoms with Crippen LogP contribution in [0.2, 0.25) is 0 Å². The Morgan fingerprint density at radius 2 is 2.11 bits per heavy atom. The molecular weight excluding hydrogens is 246 g/mol. The SMILES string of the molecule is NC(=S)c1cnc(NCCc2ccccn2)cn1. The molecule has 0 radical (unpaired) electrons. The average Bonchev–Trinajstić information content (AvgIpc) is 2.40. The van der Waals surface area contributed by atoms with Crippen molar-refractivity contribution in [3.63, 3.8) is 0 Å². The Balaban J connectivity index is 1.85. The maximum absolute atomic E-state index is 5.44. The lowest BCUT2D eigenvalue weighted by atomic mass is 10.3. The smallest absolute Gasteiger partial charge is 0.144 e. The summed E-state index contributed by atoms with van der Waals surface area (Å²) >= 11 is 4.80. The molecule has 2 heterocycles. The topological polar surface area (TPSA) is 76.7 Å². The molecule has 0 spiro atoms. The Morgan fingerprint density at radius 3 is 2.72 bits per heavy atom. The van der Waals surface area contributed by atoms with E-state index in [2.05, 4.69) is 20.3 Å². The van der Waals surface area contributed by atoms with Crippen molar-refractivity contribution in [3.8, 4) is 0 Å². The number of nitrogens with one attached hydrogen (secondary N) is 1. The van der Waals surface area contributed by atoms with Gasteiger partial charge >= 0.3 is 0 Å². The highest BCUT2D eigenvalue weighted by Crippen LogP contribution is 2.02. The third-order valence-corrected chi connectivity index (χ3v) is 2.53. The van der Waals surface area contributed by atoms with Crippen LogP contribution >= 0.6 is 12.2 Å². The molecule has 2 aromatic rings. The highest BCUT2D eigenvalue weighted by Gasteiger charge is 1.99. The van der Waals surface area contributed by atoms with E-state index in [-0.39, 0.29) is 4.99 Å². The van der Waals surface area contributed by atoms with Crippen LogP contribution in [0.4, 0.5) is 5.82 Å². The Morgan fingerprint density at radius 1 is 1.22 bits per heavy atom. The molecule has 2 rings (SSSR count). The molecule has 2 aromatic heterocycles. The lowest BCUT2D eigenvalue weighted by molar-refractivity contribution is 0.950. The number of aromatic nitrogens is 3. The molecule has 0 aliphatic rings. The summed E-state index contributed by atoms with van der Waals surface area (Å²) < 4.78 is 0. The van der Waals surface area contributed by atoms with Crippen molar-refractivity contribution in [2.45, 2.75) is 6.42 Å². The van der Waals surface area contributed by atoms with Crippen molar-refractivity contribution >= 4 is 23.0 Å². The number of rotatable bonds is 5. The number of nitrogens with zero attached hydrogens (tertiary/aromatic N) is 3. The molecule has 0 amide bonds. The predicted molar refractivity (Wildman–Crippen MR) is 74.4 cm³/mol. The maximum Gasteiger partial charge on any atom is 0.144 e. The molecule has 0 aliphatic carbocycles. The standard InChI is InChI=1S/C12H13N5S/c13-12(18)10-7-17-11(8-16-10)15-6-4-9-3-1-2-5-14-9/h1-3,5,7-8H,4,6H2,(H2,13,18)(H,15,17). The van der Waals surface area contributed by atoms with Gasteiger partial charge in [-0.05, 0) is 12.1 Å². The van der Waals surface area contributed by atoms with Crippen LogP contribution in [0.3, 0.4) is 0 Å². The molecule has 0 aliphatic heterocycles. The van der Waals surface area contributed by atoms with Crippen LogP contribution in [-0.2, 0) is 6.42 Å². The van der Waals surface area contributed by atoms with Crippen LogP contribution in [0.15, 0.2) is 36.8 Å². The second-order valence-corrected chi connectivity index (χ2v) is 4.09. The Kier molecular flexibility index (Phi) is 4.14. The van der Waals surface area contributed by atoms with E-state index in [1.54, 1.807) is 18.6 Å². The quantitative estimate of drug-likeness (QED) is 0.785. The molecule has 0 fully saturated rings. The molecule has 0 saturated carbocycles. The van der Waals surface area contributed by atoms with Gasteiger partial charge in [0.25, 0.3) is 0 Å². The van der Waals surface area contributed by atoms with Gasteiger partial charge in [-0.1, -0.05) is 18.3 Å². The number of nitrogens with two attached hydrogens (primary N) is 1. The Bertz CT molecular complexity index is 512. The van der Waals surface area contributed by atoms with Gasteiger partial charge in [-0.25, -0.2) is 9.97 Å². The zero-order valence-electron chi connectivity index (χ0n) is 9.71. The highest BCUT2D eigenvalue weighted by atomic mass is 32.1. The fourth-order valence-corrected chi connectivity index (χ4v) is 1.52. The van der Waals surface area contributed by atoms with Crippen LogP contribution in [-0.4, -0.2) is 26.5 Å². The molecule has 6 heteroatoms. The maximum atomic E-state index is 5.44. The van der Waals surface area contributed by atoms with E-state index in [0.29, 0.717) is 11.5 Å². The Labute approximate surface area is 110 Å². The van der Waals surface area contributed by atoms with Crippen molar-refractivity contribution in [2.75, 3.05) is 11.9 Å². The first-order valence-electron chi connectivity index (χ1n) is 5.51. The van der Waals surface area contributed by atoms with E-state index < -0.39 is 0 Å². The lowest BCUT2D eigenvalue weighted by Crippen LogP contribution is -2.13. The summed E-state index contributed by atoms with van der Waals surface area (Å²) in [6.07, 6.45) is 5.80. The van der Waals surface area contributed by atoms with Crippen molar-refractivity contribution < 1.29 is 0 Å². The van der Waals surface area contributed by atoms with Crippen LogP contribution < -0.4 is 11.1 Å². The third kappa shape index (κ3) is 3.46. The van der Waals surface area contributed by atoms with Crippen LogP contribution in [0, 0.1) is 0 Å². The first-order valence-corrected chi connectivity index (χ1v) is 5.92. The molecule has 18 heavy (non-hydrogen) atoms. The van der Waals surface area contributed by atoms with Gasteiger partial charge in [-0.3, -0.25) is 4.98 Å². The zero-order valence-corrected chi connectivity index (χ0v) is 10.5. The van der Waals surface area contributed by atoms with E-state index >= 15 is 0 Å². The molecule has 0 aromatic carbocycles. The lowest BCUT2D eigenvalue weighted by Gasteiger charge is -2.05. The van der Waals surface area contributed by atoms with Gasteiger partial charge in [0.05, 0.1) is 12.4 Å². The molecule has 0 bridgehead atoms. The summed E-state index contributed by atoms with van der Waals surface area (Å²) in [5, 5.41) is 3.16. The van der Waals surface area contributed by atoms with Crippen molar-refractivity contribution in [1.82, 2.24) is 15.0 Å². The number of pyridine rings is 1. The number of anilines is 1. The van der Waals surface area contributed by atoms with Gasteiger partial charge in [0.1, 0.15) is 16.5 Å². The summed E-state index contributed by atoms with van der Waals surface area (Å²) in [5.74, 6) is 0.700. The van der Waals surface area contributed by atoms with Crippen LogP contribution in [0.5, 0.6) is 0 Å². The van der Waals surface area contributed by atoms with E-state index in [1.165, 1.54) is 0 Å². The normalized spacial score (nSPS) is 10.0. The Hall–Kier alpha value is -2.08. The van der Waals surface area contributed by atoms with E-state index in [1.807, 2.05) is 18.2 Å². The van der Waals surface area contributed by atoms with Gasteiger partial charge in [-0.2, -0.15) is 0 Å². The predicted octanol–water partition coefficient (Wildman–Crippen LogP) is 1.16. The molecule has 5 nitrogen and oxygen atoms in total. The summed E-state index contributed by atoms with van der Waals surface area (Å²) in [6.45, 7) is 0.748. The van der Waals surface area contributed by atoms with E-state index in [9.17, 15) is 0 Å². The summed E-state index contributed by atoms with van der Waals surface area (Å²) in [6, 6.07) is 5.86. The monoisotopic (exact) mass is 259 g/mol. The van der Waals surface area contributed by atoms with Gasteiger partial charge in [0.2, 0.25) is 0 Å². The molecule has 3 N–H and O–H groups in total. The van der Waals surface area contributed by atoms with Crippen LogP contribution in [0.1, 0.15) is 11.4 Å². The molecule has 0 saturated heterocycles.